The molecule has 2 rings (SSSR count). The fourth-order valence-corrected chi connectivity index (χ4v) is 3.23. The molecule has 1 fully saturated rings. The zero-order valence-electron chi connectivity index (χ0n) is 11.3. The number of aliphatic hydroxyl groups is 1. The first-order chi connectivity index (χ1) is 9.61. The number of nitrogens with zero attached hydrogens (tertiary/aromatic N) is 1. The summed E-state index contributed by atoms with van der Waals surface area (Å²) >= 11 is 9.43. The largest absolute Gasteiger partial charge is 0.395 e. The van der Waals surface area contributed by atoms with Crippen molar-refractivity contribution in [2.24, 2.45) is 0 Å². The minimum atomic E-state index is 0.0600. The van der Waals surface area contributed by atoms with Crippen molar-refractivity contribution >= 4 is 33.3 Å². The molecule has 1 aliphatic carbocycles. The van der Waals surface area contributed by atoms with Crippen molar-refractivity contribution in [2.45, 2.75) is 31.7 Å². The third-order valence-electron chi connectivity index (χ3n) is 3.84. The molecule has 0 unspecified atom stereocenters. The summed E-state index contributed by atoms with van der Waals surface area (Å²) in [6.07, 6.45) is 4.04. The Bertz CT molecular complexity index is 477. The van der Waals surface area contributed by atoms with Crippen LogP contribution < -0.4 is 0 Å². The average molecular weight is 361 g/mol. The molecular formula is C15H19BrClNO2. The van der Waals surface area contributed by atoms with Gasteiger partial charge in [-0.05, 0) is 31.0 Å². The third-order valence-corrected chi connectivity index (χ3v) is 4.64. The molecule has 1 saturated carbocycles. The van der Waals surface area contributed by atoms with E-state index in [9.17, 15) is 4.79 Å². The van der Waals surface area contributed by atoms with E-state index in [1.807, 2.05) is 6.07 Å². The van der Waals surface area contributed by atoms with Crippen molar-refractivity contribution in [2.75, 3.05) is 19.7 Å². The van der Waals surface area contributed by atoms with Crippen LogP contribution in [0.15, 0.2) is 22.7 Å². The maximum atomic E-state index is 12.2. The highest BCUT2D eigenvalue weighted by atomic mass is 79.9. The number of aliphatic hydroxyl groups excluding tert-OH is 1. The van der Waals surface area contributed by atoms with Crippen LogP contribution >= 0.6 is 27.5 Å². The van der Waals surface area contributed by atoms with Gasteiger partial charge in [-0.3, -0.25) is 9.69 Å². The Morgan fingerprint density at radius 3 is 2.70 bits per heavy atom. The van der Waals surface area contributed by atoms with E-state index < -0.39 is 0 Å². The van der Waals surface area contributed by atoms with Crippen LogP contribution in [0.1, 0.15) is 36.0 Å². The maximum Gasteiger partial charge on any atom is 0.165 e. The molecule has 0 bridgehead atoms. The first-order valence-corrected chi connectivity index (χ1v) is 8.12. The normalized spacial score (nSPS) is 15.4. The number of hydrogen-bond donors (Lipinski definition) is 1. The fraction of sp³-hybridized carbons (Fsp3) is 0.533. The highest BCUT2D eigenvalue weighted by Gasteiger charge is 2.25. The summed E-state index contributed by atoms with van der Waals surface area (Å²) in [5.74, 6) is 0.0600. The van der Waals surface area contributed by atoms with Gasteiger partial charge in [-0.15, -0.1) is 0 Å². The van der Waals surface area contributed by atoms with Gasteiger partial charge in [0.2, 0.25) is 0 Å². The summed E-state index contributed by atoms with van der Waals surface area (Å²) in [6, 6.07) is 5.87. The molecule has 0 aromatic heterocycles. The number of hydrogen-bond acceptors (Lipinski definition) is 3. The lowest BCUT2D eigenvalue weighted by Crippen LogP contribution is -2.42. The van der Waals surface area contributed by atoms with E-state index in [2.05, 4.69) is 20.8 Å². The first kappa shape index (κ1) is 16.0. The number of carbonyl (C=O) groups is 1. The molecule has 0 saturated heterocycles. The monoisotopic (exact) mass is 359 g/mol. The van der Waals surface area contributed by atoms with E-state index in [0.717, 1.165) is 4.47 Å². The third kappa shape index (κ3) is 4.04. The van der Waals surface area contributed by atoms with Crippen molar-refractivity contribution in [3.05, 3.63) is 33.3 Å². The molecule has 0 radical (unpaired) electrons. The van der Waals surface area contributed by atoms with Gasteiger partial charge in [-0.1, -0.05) is 34.0 Å². The molecule has 5 heteroatoms. The van der Waals surface area contributed by atoms with Gasteiger partial charge in [0.15, 0.2) is 5.78 Å². The zero-order chi connectivity index (χ0) is 14.5. The molecule has 110 valence electrons. The van der Waals surface area contributed by atoms with Gasteiger partial charge in [-0.2, -0.15) is 0 Å². The van der Waals surface area contributed by atoms with Crippen LogP contribution in [0.5, 0.6) is 0 Å². The van der Waals surface area contributed by atoms with Crippen LogP contribution in [-0.4, -0.2) is 41.5 Å². The van der Waals surface area contributed by atoms with Crippen LogP contribution in [0, 0.1) is 0 Å². The predicted molar refractivity (Wildman–Crippen MR) is 84.4 cm³/mol. The summed E-state index contributed by atoms with van der Waals surface area (Å²) < 4.78 is 0.871. The number of benzene rings is 1. The number of ketones is 1. The molecular weight excluding hydrogens is 342 g/mol. The van der Waals surface area contributed by atoms with Gasteiger partial charge in [0.1, 0.15) is 0 Å². The molecule has 0 atom stereocenters. The smallest absolute Gasteiger partial charge is 0.165 e. The quantitative estimate of drug-likeness (QED) is 0.756. The lowest BCUT2D eigenvalue weighted by atomic mass is 9.91. The van der Waals surface area contributed by atoms with Gasteiger partial charge in [0, 0.05) is 35.6 Å². The highest BCUT2D eigenvalue weighted by Crippen LogP contribution is 2.26. The van der Waals surface area contributed by atoms with E-state index in [4.69, 9.17) is 16.7 Å². The summed E-state index contributed by atoms with van der Waals surface area (Å²) in [5, 5.41) is 9.60. The Morgan fingerprint density at radius 2 is 2.15 bits per heavy atom. The van der Waals surface area contributed by atoms with Gasteiger partial charge in [0.05, 0.1) is 11.6 Å². The molecule has 1 aliphatic rings. The van der Waals surface area contributed by atoms with E-state index in [0.29, 0.717) is 36.1 Å². The van der Waals surface area contributed by atoms with E-state index in [1.54, 1.807) is 12.1 Å². The second kappa shape index (κ2) is 7.55. The van der Waals surface area contributed by atoms with Crippen molar-refractivity contribution in [1.82, 2.24) is 4.90 Å². The number of rotatable bonds is 7. The second-order valence-corrected chi connectivity index (χ2v) is 6.46. The Labute approximate surface area is 133 Å². The van der Waals surface area contributed by atoms with Gasteiger partial charge < -0.3 is 5.11 Å². The summed E-state index contributed by atoms with van der Waals surface area (Å²) in [4.78, 5) is 14.4. The number of Topliss-reactive ketones (excluding diaryl/α,β-unsaturated/α-hetero) is 1. The SMILES string of the molecule is O=C(CCN(CCO)C1CCC1)c1ccc(Br)cc1Cl. The zero-order valence-corrected chi connectivity index (χ0v) is 13.7. The first-order valence-electron chi connectivity index (χ1n) is 6.95. The maximum absolute atomic E-state index is 12.2. The van der Waals surface area contributed by atoms with Crippen molar-refractivity contribution in [3.63, 3.8) is 0 Å². The lowest BCUT2D eigenvalue weighted by molar-refractivity contribution is 0.0841. The molecule has 0 spiro atoms. The van der Waals surface area contributed by atoms with Gasteiger partial charge in [0.25, 0.3) is 0 Å². The van der Waals surface area contributed by atoms with Gasteiger partial charge in [-0.25, -0.2) is 0 Å². The molecule has 0 heterocycles. The van der Waals surface area contributed by atoms with Crippen LogP contribution in [0.4, 0.5) is 0 Å². The molecule has 0 amide bonds. The molecule has 1 N–H and O–H groups in total. The number of halogens is 2. The molecule has 20 heavy (non-hydrogen) atoms. The molecule has 1 aromatic rings. The van der Waals surface area contributed by atoms with Crippen LogP contribution in [0.3, 0.4) is 0 Å². The standard InChI is InChI=1S/C15H19BrClNO2/c16-11-4-5-13(14(17)10-11)15(20)6-7-18(8-9-19)12-2-1-3-12/h4-5,10,12,19H,1-3,6-9H2. The predicted octanol–water partition coefficient (Wildman–Crippen LogP) is 3.52. The van der Waals surface area contributed by atoms with Crippen molar-refractivity contribution < 1.29 is 9.90 Å². The Hall–Kier alpha value is -0.420. The van der Waals surface area contributed by atoms with E-state index >= 15 is 0 Å². The molecule has 3 nitrogen and oxygen atoms in total. The summed E-state index contributed by atoms with van der Waals surface area (Å²) in [6.45, 7) is 1.48. The minimum Gasteiger partial charge on any atom is -0.395 e. The molecule has 1 aromatic carbocycles. The van der Waals surface area contributed by atoms with Crippen LogP contribution in [0.2, 0.25) is 5.02 Å². The van der Waals surface area contributed by atoms with Crippen LogP contribution in [-0.2, 0) is 0 Å². The van der Waals surface area contributed by atoms with E-state index in [-0.39, 0.29) is 12.4 Å². The minimum absolute atomic E-state index is 0.0600. The highest BCUT2D eigenvalue weighted by molar-refractivity contribution is 9.10. The molecule has 0 aliphatic heterocycles. The Kier molecular flexibility index (Phi) is 6.02. The van der Waals surface area contributed by atoms with Gasteiger partial charge >= 0.3 is 0 Å². The van der Waals surface area contributed by atoms with E-state index in [1.165, 1.54) is 19.3 Å². The fourth-order valence-electron chi connectivity index (χ4n) is 2.45. The summed E-state index contributed by atoms with van der Waals surface area (Å²) in [5.41, 5.74) is 0.576. The topological polar surface area (TPSA) is 40.5 Å². The lowest BCUT2D eigenvalue weighted by Gasteiger charge is -2.37. The van der Waals surface area contributed by atoms with Crippen LogP contribution in [0.25, 0.3) is 0 Å². The Morgan fingerprint density at radius 1 is 1.40 bits per heavy atom. The second-order valence-electron chi connectivity index (χ2n) is 5.14. The van der Waals surface area contributed by atoms with Crippen molar-refractivity contribution in [3.8, 4) is 0 Å². The van der Waals surface area contributed by atoms with Crippen molar-refractivity contribution in [1.29, 1.82) is 0 Å². The average Bonchev–Trinajstić information content (AvgIpc) is 2.33. The number of carbonyl (C=O) groups excluding carboxylic acids is 1. The Balaban J connectivity index is 1.92. The summed E-state index contributed by atoms with van der Waals surface area (Å²) in [7, 11) is 0.